The van der Waals surface area contributed by atoms with Crippen LogP contribution in [0.15, 0.2) is 89.1 Å². The highest BCUT2D eigenvalue weighted by atomic mass is 32.2. The van der Waals surface area contributed by atoms with Gasteiger partial charge >= 0.3 is 0 Å². The summed E-state index contributed by atoms with van der Waals surface area (Å²) < 4.78 is 34.9. The van der Waals surface area contributed by atoms with Gasteiger partial charge in [-0.05, 0) is 53.8 Å². The highest BCUT2D eigenvalue weighted by Crippen LogP contribution is 2.38. The molecule has 0 N–H and O–H groups in total. The van der Waals surface area contributed by atoms with E-state index in [1.807, 2.05) is 72.5 Å². The maximum atomic E-state index is 14.1. The summed E-state index contributed by atoms with van der Waals surface area (Å²) in [5, 5.41) is 3.57. The Hall–Kier alpha value is -3.04. The highest BCUT2D eigenvalue weighted by Gasteiger charge is 2.35. The second-order valence-corrected chi connectivity index (χ2v) is 12.2. The fourth-order valence-corrected chi connectivity index (χ4v) is 7.70. The molecule has 0 spiro atoms. The molecule has 0 fully saturated rings. The molecule has 0 bridgehead atoms. The predicted octanol–water partition coefficient (Wildman–Crippen LogP) is 5.49. The van der Waals surface area contributed by atoms with Crippen molar-refractivity contribution in [3.05, 3.63) is 100 Å². The molecule has 8 heteroatoms. The molecule has 38 heavy (non-hydrogen) atoms. The molecule has 1 aliphatic heterocycles. The standard InChI is InChI=1S/C30H32N2O4S2/c1-2-36-20-9-18-31(38(34,35)28-15-8-13-23-10-6-7-14-25(23)28)22-29(33)32-19-16-27-26(17-21-37-27)30(32)24-11-4-3-5-12-24/h3-8,10-15,17,21,30H,2,9,16,18-20,22H2,1H3/t30-/m1/s1. The number of amides is 1. The van der Waals surface area contributed by atoms with Crippen molar-refractivity contribution in [3.63, 3.8) is 0 Å². The van der Waals surface area contributed by atoms with Crippen LogP contribution in [0.4, 0.5) is 0 Å². The summed E-state index contributed by atoms with van der Waals surface area (Å²) in [6, 6.07) is 24.6. The number of ether oxygens (including phenoxy) is 1. The van der Waals surface area contributed by atoms with Crippen LogP contribution in [0.2, 0.25) is 0 Å². The number of sulfonamides is 1. The van der Waals surface area contributed by atoms with Gasteiger partial charge in [0.05, 0.1) is 17.5 Å². The van der Waals surface area contributed by atoms with Gasteiger partial charge in [-0.2, -0.15) is 4.31 Å². The lowest BCUT2D eigenvalue weighted by Crippen LogP contribution is -2.47. The maximum absolute atomic E-state index is 14.1. The van der Waals surface area contributed by atoms with Crippen LogP contribution < -0.4 is 0 Å². The van der Waals surface area contributed by atoms with Gasteiger partial charge in [-0.1, -0.05) is 66.7 Å². The van der Waals surface area contributed by atoms with E-state index >= 15 is 0 Å². The average Bonchev–Trinajstić information content (AvgIpc) is 3.43. The van der Waals surface area contributed by atoms with Crippen molar-refractivity contribution in [1.29, 1.82) is 0 Å². The summed E-state index contributed by atoms with van der Waals surface area (Å²) in [5.41, 5.74) is 2.15. The first-order valence-corrected chi connectivity index (χ1v) is 15.3. The summed E-state index contributed by atoms with van der Waals surface area (Å²) in [7, 11) is -3.95. The van der Waals surface area contributed by atoms with E-state index in [9.17, 15) is 13.2 Å². The first kappa shape index (κ1) is 26.6. The summed E-state index contributed by atoms with van der Waals surface area (Å²) in [5.74, 6) is -0.198. The van der Waals surface area contributed by atoms with E-state index in [0.717, 1.165) is 22.9 Å². The van der Waals surface area contributed by atoms with Crippen molar-refractivity contribution in [2.24, 2.45) is 0 Å². The molecule has 2 heterocycles. The molecule has 0 radical (unpaired) electrons. The second-order valence-electron chi connectivity index (χ2n) is 9.32. The molecular weight excluding hydrogens is 516 g/mol. The third kappa shape index (κ3) is 5.40. The molecule has 6 nitrogen and oxygen atoms in total. The summed E-state index contributed by atoms with van der Waals surface area (Å²) in [4.78, 5) is 17.3. The van der Waals surface area contributed by atoms with Gasteiger partial charge in [-0.15, -0.1) is 11.3 Å². The molecule has 198 valence electrons. The molecule has 3 aromatic carbocycles. The zero-order valence-electron chi connectivity index (χ0n) is 21.5. The van der Waals surface area contributed by atoms with Crippen molar-refractivity contribution in [2.75, 3.05) is 32.8 Å². The Balaban J connectivity index is 1.48. The normalized spacial score (nSPS) is 15.6. The molecule has 0 saturated heterocycles. The highest BCUT2D eigenvalue weighted by molar-refractivity contribution is 7.89. The minimum atomic E-state index is -3.95. The maximum Gasteiger partial charge on any atom is 0.244 e. The van der Waals surface area contributed by atoms with Gasteiger partial charge in [0.25, 0.3) is 0 Å². The minimum absolute atomic E-state index is 0.198. The molecule has 1 amide bonds. The zero-order valence-corrected chi connectivity index (χ0v) is 23.1. The monoisotopic (exact) mass is 548 g/mol. The number of fused-ring (bicyclic) bond motifs is 2. The minimum Gasteiger partial charge on any atom is -0.382 e. The molecule has 4 aromatic rings. The van der Waals surface area contributed by atoms with Crippen LogP contribution >= 0.6 is 11.3 Å². The van der Waals surface area contributed by atoms with Crippen LogP contribution in [0.25, 0.3) is 10.8 Å². The fourth-order valence-electron chi connectivity index (χ4n) is 5.15. The van der Waals surface area contributed by atoms with E-state index < -0.39 is 10.0 Å². The van der Waals surface area contributed by atoms with Crippen molar-refractivity contribution < 1.29 is 17.9 Å². The smallest absolute Gasteiger partial charge is 0.244 e. The SMILES string of the molecule is CCOCCCN(CC(=O)N1CCc2sccc2[C@H]1c1ccccc1)S(=O)(=O)c1cccc2ccccc12. The summed E-state index contributed by atoms with van der Waals surface area (Å²) in [6.45, 7) is 3.43. The zero-order chi connectivity index (χ0) is 26.5. The number of hydrogen-bond donors (Lipinski definition) is 0. The van der Waals surface area contributed by atoms with Crippen LogP contribution in [-0.2, 0) is 26.0 Å². The topological polar surface area (TPSA) is 66.9 Å². The van der Waals surface area contributed by atoms with Crippen LogP contribution in [0.3, 0.4) is 0 Å². The van der Waals surface area contributed by atoms with Gasteiger partial charge in [0.1, 0.15) is 0 Å². The molecule has 1 aliphatic rings. The number of benzene rings is 3. The lowest BCUT2D eigenvalue weighted by Gasteiger charge is -2.37. The fraction of sp³-hybridized carbons (Fsp3) is 0.300. The van der Waals surface area contributed by atoms with Crippen molar-refractivity contribution in [3.8, 4) is 0 Å². The Labute approximate surface area is 228 Å². The Morgan fingerprint density at radius 2 is 1.79 bits per heavy atom. The Morgan fingerprint density at radius 3 is 2.61 bits per heavy atom. The molecule has 0 aliphatic carbocycles. The summed E-state index contributed by atoms with van der Waals surface area (Å²) in [6.07, 6.45) is 1.27. The third-order valence-electron chi connectivity index (χ3n) is 6.98. The van der Waals surface area contributed by atoms with Crippen LogP contribution in [0.1, 0.15) is 35.4 Å². The molecule has 0 saturated carbocycles. The number of rotatable bonds is 10. The predicted molar refractivity (Wildman–Crippen MR) is 152 cm³/mol. The first-order chi connectivity index (χ1) is 18.5. The van der Waals surface area contributed by atoms with Crippen molar-refractivity contribution >= 4 is 38.0 Å². The summed E-state index contributed by atoms with van der Waals surface area (Å²) >= 11 is 1.71. The molecule has 5 rings (SSSR count). The van der Waals surface area contributed by atoms with Gasteiger partial charge in [-0.25, -0.2) is 8.42 Å². The Morgan fingerprint density at radius 1 is 1.03 bits per heavy atom. The average molecular weight is 549 g/mol. The van der Waals surface area contributed by atoms with E-state index in [1.165, 1.54) is 9.18 Å². The van der Waals surface area contributed by atoms with Crippen LogP contribution in [-0.4, -0.2) is 56.4 Å². The van der Waals surface area contributed by atoms with Gasteiger partial charge in [0.15, 0.2) is 0 Å². The molecule has 1 aromatic heterocycles. The lowest BCUT2D eigenvalue weighted by molar-refractivity contribution is -0.133. The molecular formula is C30H32N2O4S2. The largest absolute Gasteiger partial charge is 0.382 e. The number of carbonyl (C=O) groups is 1. The van der Waals surface area contributed by atoms with E-state index in [0.29, 0.717) is 31.6 Å². The van der Waals surface area contributed by atoms with E-state index in [-0.39, 0.29) is 29.9 Å². The van der Waals surface area contributed by atoms with Gasteiger partial charge in [0.2, 0.25) is 15.9 Å². The quantitative estimate of drug-likeness (QED) is 0.246. The lowest BCUT2D eigenvalue weighted by atomic mass is 9.93. The number of carbonyl (C=O) groups excluding carboxylic acids is 1. The van der Waals surface area contributed by atoms with E-state index in [1.54, 1.807) is 23.5 Å². The number of hydrogen-bond acceptors (Lipinski definition) is 5. The van der Waals surface area contributed by atoms with Crippen molar-refractivity contribution in [2.45, 2.75) is 30.7 Å². The molecule has 1 atom stereocenters. The van der Waals surface area contributed by atoms with Gasteiger partial charge in [-0.3, -0.25) is 4.79 Å². The molecule has 0 unspecified atom stereocenters. The van der Waals surface area contributed by atoms with Crippen LogP contribution in [0, 0.1) is 0 Å². The second kappa shape index (κ2) is 11.8. The first-order valence-electron chi connectivity index (χ1n) is 13.0. The Kier molecular flexibility index (Phi) is 8.24. The van der Waals surface area contributed by atoms with Gasteiger partial charge < -0.3 is 9.64 Å². The van der Waals surface area contributed by atoms with E-state index in [2.05, 4.69) is 11.4 Å². The number of thiophene rings is 1. The number of nitrogens with zero attached hydrogens (tertiary/aromatic N) is 2. The van der Waals surface area contributed by atoms with E-state index in [4.69, 9.17) is 4.74 Å². The third-order valence-corrected chi connectivity index (χ3v) is 9.88. The van der Waals surface area contributed by atoms with Gasteiger partial charge in [0, 0.05) is 36.6 Å². The Bertz CT molecular complexity index is 1500. The van der Waals surface area contributed by atoms with Crippen LogP contribution in [0.5, 0.6) is 0 Å². The van der Waals surface area contributed by atoms with Crippen molar-refractivity contribution in [1.82, 2.24) is 9.21 Å².